The van der Waals surface area contributed by atoms with Crippen molar-refractivity contribution < 1.29 is 4.79 Å². The second-order valence-corrected chi connectivity index (χ2v) is 5.56. The van der Waals surface area contributed by atoms with Crippen LogP contribution in [-0.2, 0) is 4.79 Å². The lowest BCUT2D eigenvalue weighted by Crippen LogP contribution is -2.43. The van der Waals surface area contributed by atoms with Crippen molar-refractivity contribution in [3.63, 3.8) is 0 Å². The maximum atomic E-state index is 12.3. The molecule has 1 amide bonds. The van der Waals surface area contributed by atoms with E-state index in [0.717, 1.165) is 26.2 Å². The first-order valence-electron chi connectivity index (χ1n) is 7.47. The number of rotatable bonds is 8. The van der Waals surface area contributed by atoms with Gasteiger partial charge in [0.15, 0.2) is 0 Å². The molecule has 0 radical (unpaired) electrons. The lowest BCUT2D eigenvalue weighted by molar-refractivity contribution is -0.120. The van der Waals surface area contributed by atoms with E-state index in [1.165, 1.54) is 0 Å². The highest BCUT2D eigenvalue weighted by Gasteiger charge is 2.19. The first-order valence-corrected chi connectivity index (χ1v) is 7.85. The Hall–Kier alpha value is -1.10. The van der Waals surface area contributed by atoms with E-state index in [1.54, 1.807) is 6.07 Å². The number of halogens is 1. The van der Waals surface area contributed by atoms with Gasteiger partial charge in [0.25, 0.3) is 0 Å². The molecule has 118 valence electrons. The van der Waals surface area contributed by atoms with E-state index < -0.39 is 0 Å². The number of para-hydroxylation sites is 1. The van der Waals surface area contributed by atoms with Gasteiger partial charge in [-0.25, -0.2) is 0 Å². The molecule has 1 N–H and O–H groups in total. The summed E-state index contributed by atoms with van der Waals surface area (Å²) in [5.74, 6) is -0.0369. The number of carbonyl (C=O) groups is 1. The Labute approximate surface area is 133 Å². The van der Waals surface area contributed by atoms with Crippen LogP contribution in [0.15, 0.2) is 24.3 Å². The molecule has 1 aromatic rings. The molecule has 1 aromatic carbocycles. The van der Waals surface area contributed by atoms with Gasteiger partial charge in [0.05, 0.1) is 16.8 Å². The zero-order valence-corrected chi connectivity index (χ0v) is 14.2. The molecule has 0 aliphatic carbocycles. The fourth-order valence-corrected chi connectivity index (χ4v) is 2.22. The summed E-state index contributed by atoms with van der Waals surface area (Å²) in [7, 11) is 1.97. The van der Waals surface area contributed by atoms with E-state index in [0.29, 0.717) is 10.7 Å². The summed E-state index contributed by atoms with van der Waals surface area (Å²) in [6.45, 7) is 10.1. The van der Waals surface area contributed by atoms with Crippen LogP contribution in [-0.4, -0.2) is 55.0 Å². The zero-order chi connectivity index (χ0) is 15.8. The van der Waals surface area contributed by atoms with Crippen LogP contribution in [0.3, 0.4) is 0 Å². The smallest absolute Gasteiger partial charge is 0.241 e. The van der Waals surface area contributed by atoms with Gasteiger partial charge in [-0.2, -0.15) is 0 Å². The fourth-order valence-electron chi connectivity index (χ4n) is 2.03. The van der Waals surface area contributed by atoms with Crippen molar-refractivity contribution in [3.05, 3.63) is 29.3 Å². The molecule has 1 atom stereocenters. The lowest BCUT2D eigenvalue weighted by atomic mass is 10.2. The van der Waals surface area contributed by atoms with Crippen LogP contribution in [0.2, 0.25) is 5.02 Å². The number of hydrogen-bond donors (Lipinski definition) is 1. The molecule has 1 rings (SSSR count). The van der Waals surface area contributed by atoms with Gasteiger partial charge >= 0.3 is 0 Å². The number of amides is 1. The van der Waals surface area contributed by atoms with Gasteiger partial charge in [-0.1, -0.05) is 37.6 Å². The number of hydrogen-bond acceptors (Lipinski definition) is 3. The molecule has 5 heteroatoms. The van der Waals surface area contributed by atoms with Crippen molar-refractivity contribution in [1.29, 1.82) is 0 Å². The predicted octanol–water partition coefficient (Wildman–Crippen LogP) is 2.94. The third-order valence-electron chi connectivity index (χ3n) is 3.84. The van der Waals surface area contributed by atoms with Crippen molar-refractivity contribution in [2.45, 2.75) is 26.8 Å². The molecule has 21 heavy (non-hydrogen) atoms. The average Bonchev–Trinajstić information content (AvgIpc) is 2.49. The normalized spacial score (nSPS) is 12.7. The monoisotopic (exact) mass is 311 g/mol. The molecule has 0 fully saturated rings. The molecule has 0 aliphatic rings. The van der Waals surface area contributed by atoms with Gasteiger partial charge < -0.3 is 10.2 Å². The Morgan fingerprint density at radius 3 is 2.43 bits per heavy atom. The predicted molar refractivity (Wildman–Crippen MR) is 90.0 cm³/mol. The minimum atomic E-state index is -0.197. The summed E-state index contributed by atoms with van der Waals surface area (Å²) in [6.07, 6.45) is 0. The van der Waals surface area contributed by atoms with Crippen LogP contribution < -0.4 is 5.32 Å². The van der Waals surface area contributed by atoms with Gasteiger partial charge in [-0.3, -0.25) is 9.69 Å². The summed E-state index contributed by atoms with van der Waals surface area (Å²) in [4.78, 5) is 16.7. The standard InChI is InChI=1S/C16H26ClN3O/c1-5-20(6-2)12-11-19(4)13(3)16(21)18-15-10-8-7-9-14(15)17/h7-10,13H,5-6,11-12H2,1-4H3,(H,18,21)/t13-/m0/s1. The van der Waals surface area contributed by atoms with E-state index in [1.807, 2.05) is 32.2 Å². The molecule has 4 nitrogen and oxygen atoms in total. The number of nitrogens with zero attached hydrogens (tertiary/aromatic N) is 2. The lowest BCUT2D eigenvalue weighted by Gasteiger charge is -2.27. The zero-order valence-electron chi connectivity index (χ0n) is 13.4. The topological polar surface area (TPSA) is 35.6 Å². The molecule has 0 heterocycles. The summed E-state index contributed by atoms with van der Waals surface area (Å²) < 4.78 is 0. The molecule has 0 spiro atoms. The highest BCUT2D eigenvalue weighted by molar-refractivity contribution is 6.33. The van der Waals surface area contributed by atoms with Gasteiger partial charge in [-0.05, 0) is 39.2 Å². The fraction of sp³-hybridized carbons (Fsp3) is 0.562. The molecule has 0 bridgehead atoms. The molecular weight excluding hydrogens is 286 g/mol. The molecule has 0 unspecified atom stereocenters. The first kappa shape index (κ1) is 18.0. The van der Waals surface area contributed by atoms with Crippen molar-refractivity contribution in [2.24, 2.45) is 0 Å². The van der Waals surface area contributed by atoms with Crippen molar-refractivity contribution >= 4 is 23.2 Å². The third-order valence-corrected chi connectivity index (χ3v) is 4.17. The SMILES string of the molecule is CCN(CC)CCN(C)[C@@H](C)C(=O)Nc1ccccc1Cl. The van der Waals surface area contributed by atoms with Crippen molar-refractivity contribution in [2.75, 3.05) is 38.5 Å². The Bertz CT molecular complexity index is 449. The molecular formula is C16H26ClN3O. The van der Waals surface area contributed by atoms with Gasteiger partial charge in [0.2, 0.25) is 5.91 Å². The largest absolute Gasteiger partial charge is 0.323 e. The Morgan fingerprint density at radius 2 is 1.86 bits per heavy atom. The minimum absolute atomic E-state index is 0.0369. The average molecular weight is 312 g/mol. The van der Waals surface area contributed by atoms with Crippen LogP contribution in [0.5, 0.6) is 0 Å². The van der Waals surface area contributed by atoms with E-state index >= 15 is 0 Å². The molecule has 0 aromatic heterocycles. The number of benzene rings is 1. The van der Waals surface area contributed by atoms with Crippen LogP contribution in [0.25, 0.3) is 0 Å². The minimum Gasteiger partial charge on any atom is -0.323 e. The molecule has 0 saturated heterocycles. The van der Waals surface area contributed by atoms with Crippen LogP contribution in [0.1, 0.15) is 20.8 Å². The highest BCUT2D eigenvalue weighted by Crippen LogP contribution is 2.20. The number of anilines is 1. The van der Waals surface area contributed by atoms with Crippen molar-refractivity contribution in [3.8, 4) is 0 Å². The van der Waals surface area contributed by atoms with E-state index in [2.05, 4.69) is 29.0 Å². The maximum absolute atomic E-state index is 12.3. The summed E-state index contributed by atoms with van der Waals surface area (Å²) in [5, 5.41) is 3.44. The van der Waals surface area contributed by atoms with E-state index in [-0.39, 0.29) is 11.9 Å². The van der Waals surface area contributed by atoms with E-state index in [9.17, 15) is 4.79 Å². The van der Waals surface area contributed by atoms with Gasteiger partial charge in [0, 0.05) is 13.1 Å². The summed E-state index contributed by atoms with van der Waals surface area (Å²) in [6, 6.07) is 7.08. The van der Waals surface area contributed by atoms with Crippen LogP contribution >= 0.6 is 11.6 Å². The van der Waals surface area contributed by atoms with Crippen LogP contribution in [0.4, 0.5) is 5.69 Å². The number of carbonyl (C=O) groups excluding carboxylic acids is 1. The highest BCUT2D eigenvalue weighted by atomic mass is 35.5. The summed E-state index contributed by atoms with van der Waals surface area (Å²) in [5.41, 5.74) is 0.660. The second-order valence-electron chi connectivity index (χ2n) is 5.15. The molecule has 0 aliphatic heterocycles. The Morgan fingerprint density at radius 1 is 1.24 bits per heavy atom. The quantitative estimate of drug-likeness (QED) is 0.802. The van der Waals surface area contributed by atoms with E-state index in [4.69, 9.17) is 11.6 Å². The Balaban J connectivity index is 2.51. The van der Waals surface area contributed by atoms with Gasteiger partial charge in [0.1, 0.15) is 0 Å². The second kappa shape index (κ2) is 9.03. The van der Waals surface area contributed by atoms with Crippen LogP contribution in [0, 0.1) is 0 Å². The maximum Gasteiger partial charge on any atom is 0.241 e. The van der Waals surface area contributed by atoms with Crippen molar-refractivity contribution in [1.82, 2.24) is 9.80 Å². The number of nitrogens with one attached hydrogen (secondary N) is 1. The third kappa shape index (κ3) is 5.65. The van der Waals surface area contributed by atoms with Gasteiger partial charge in [-0.15, -0.1) is 0 Å². The first-order chi connectivity index (χ1) is 9.99. The molecule has 0 saturated carbocycles. The number of likely N-dealkylation sites (N-methyl/N-ethyl adjacent to an activating group) is 2. The Kier molecular flexibility index (Phi) is 7.72. The summed E-state index contributed by atoms with van der Waals surface area (Å²) >= 11 is 6.06.